The Bertz CT molecular complexity index is 510. The van der Waals surface area contributed by atoms with Gasteiger partial charge in [0.1, 0.15) is 28.8 Å². The Hall–Kier alpha value is -2.09. The van der Waals surface area contributed by atoms with E-state index in [4.69, 9.17) is 11.5 Å². The molecule has 88 valence electrons. The van der Waals surface area contributed by atoms with Gasteiger partial charge in [-0.3, -0.25) is 0 Å². The van der Waals surface area contributed by atoms with Gasteiger partial charge < -0.3 is 16.8 Å². The molecule has 0 fully saturated rings. The van der Waals surface area contributed by atoms with Crippen LogP contribution in [0.1, 0.15) is 0 Å². The Morgan fingerprint density at radius 1 is 1.12 bits per heavy atom. The zero-order chi connectivity index (χ0) is 12.3. The minimum atomic E-state index is 0.336. The Kier molecular flexibility index (Phi) is 3.24. The maximum absolute atomic E-state index is 5.58. The van der Waals surface area contributed by atoms with Crippen molar-refractivity contribution in [2.24, 2.45) is 0 Å². The van der Waals surface area contributed by atoms with Gasteiger partial charge in [0.2, 0.25) is 0 Å². The molecule has 0 aromatic carbocycles. The maximum Gasteiger partial charge on any atom is 0.197 e. The van der Waals surface area contributed by atoms with E-state index in [0.29, 0.717) is 21.8 Å². The molecule has 0 unspecified atom stereocenters. The van der Waals surface area contributed by atoms with Crippen LogP contribution in [0.3, 0.4) is 0 Å². The molecule has 5 N–H and O–H groups in total. The van der Waals surface area contributed by atoms with E-state index in [-0.39, 0.29) is 0 Å². The van der Waals surface area contributed by atoms with Gasteiger partial charge >= 0.3 is 0 Å². The van der Waals surface area contributed by atoms with E-state index in [2.05, 4.69) is 25.3 Å². The third kappa shape index (κ3) is 2.94. The molecule has 0 bridgehead atoms. The van der Waals surface area contributed by atoms with E-state index in [1.54, 1.807) is 13.1 Å². The van der Waals surface area contributed by atoms with Crippen LogP contribution in [0.15, 0.2) is 28.6 Å². The molecule has 0 saturated carbocycles. The van der Waals surface area contributed by atoms with Crippen LogP contribution in [0.25, 0.3) is 0 Å². The number of aromatic nitrogens is 4. The van der Waals surface area contributed by atoms with Crippen LogP contribution in [0.4, 0.5) is 17.5 Å². The van der Waals surface area contributed by atoms with E-state index >= 15 is 0 Å². The molecule has 2 aromatic rings. The predicted octanol–water partition coefficient (Wildman–Crippen LogP) is 0.624. The summed E-state index contributed by atoms with van der Waals surface area (Å²) >= 11 is 1.27. The van der Waals surface area contributed by atoms with Crippen LogP contribution in [0.5, 0.6) is 0 Å². The topological polar surface area (TPSA) is 116 Å². The summed E-state index contributed by atoms with van der Waals surface area (Å²) in [7, 11) is 1.78. The third-order valence-electron chi connectivity index (χ3n) is 1.84. The summed E-state index contributed by atoms with van der Waals surface area (Å²) in [6.07, 6.45) is 1.46. The molecule has 8 heteroatoms. The standard InChI is InChI=1S/C9H11N7S/c1-12-7-3-8(14-4-13-7)17-9-15-5(10)2-6(11)16-9/h2-4H,1H3,(H,12,13,14)(H4,10,11,15,16). The highest BCUT2D eigenvalue weighted by Gasteiger charge is 2.05. The summed E-state index contributed by atoms with van der Waals surface area (Å²) in [6, 6.07) is 3.29. The number of hydrogen-bond donors (Lipinski definition) is 3. The highest BCUT2D eigenvalue weighted by molar-refractivity contribution is 7.99. The Balaban J connectivity index is 2.24. The van der Waals surface area contributed by atoms with Crippen molar-refractivity contribution in [3.63, 3.8) is 0 Å². The van der Waals surface area contributed by atoms with Gasteiger partial charge in [0.15, 0.2) is 5.16 Å². The summed E-state index contributed by atoms with van der Waals surface area (Å²) < 4.78 is 0. The molecule has 0 aliphatic heterocycles. The SMILES string of the molecule is CNc1cc(Sc2nc(N)cc(N)n2)ncn1. The lowest BCUT2D eigenvalue weighted by atomic mass is 10.5. The molecule has 2 aromatic heterocycles. The van der Waals surface area contributed by atoms with Crippen molar-refractivity contribution in [2.75, 3.05) is 23.8 Å². The first-order valence-electron chi connectivity index (χ1n) is 4.75. The average molecular weight is 249 g/mol. The van der Waals surface area contributed by atoms with Crippen LogP contribution >= 0.6 is 11.8 Å². The molecule has 7 nitrogen and oxygen atoms in total. The van der Waals surface area contributed by atoms with E-state index < -0.39 is 0 Å². The number of anilines is 3. The summed E-state index contributed by atoms with van der Waals surface area (Å²) in [6.45, 7) is 0. The number of nitrogens with two attached hydrogens (primary N) is 2. The minimum Gasteiger partial charge on any atom is -0.383 e. The van der Waals surface area contributed by atoms with Crippen molar-refractivity contribution >= 4 is 29.2 Å². The van der Waals surface area contributed by atoms with Crippen LogP contribution in [-0.4, -0.2) is 27.0 Å². The fraction of sp³-hybridized carbons (Fsp3) is 0.111. The summed E-state index contributed by atoms with van der Waals surface area (Å²) in [5, 5.41) is 4.10. The van der Waals surface area contributed by atoms with Gasteiger partial charge in [-0.1, -0.05) is 0 Å². The third-order valence-corrected chi connectivity index (χ3v) is 2.64. The smallest absolute Gasteiger partial charge is 0.197 e. The van der Waals surface area contributed by atoms with E-state index in [0.717, 1.165) is 5.82 Å². The molecular weight excluding hydrogens is 238 g/mol. The molecule has 2 rings (SSSR count). The maximum atomic E-state index is 5.58. The lowest BCUT2D eigenvalue weighted by molar-refractivity contribution is 0.970. The normalized spacial score (nSPS) is 10.2. The summed E-state index contributed by atoms with van der Waals surface area (Å²) in [5.41, 5.74) is 11.2. The molecule has 0 atom stereocenters. The van der Waals surface area contributed by atoms with Gasteiger partial charge in [-0.25, -0.2) is 19.9 Å². The van der Waals surface area contributed by atoms with Crippen LogP contribution < -0.4 is 16.8 Å². The van der Waals surface area contributed by atoms with Gasteiger partial charge in [-0.15, -0.1) is 0 Å². The second-order valence-corrected chi connectivity index (χ2v) is 4.08. The van der Waals surface area contributed by atoms with Crippen molar-refractivity contribution in [1.82, 2.24) is 19.9 Å². The molecule has 0 aliphatic rings. The molecule has 2 heterocycles. The van der Waals surface area contributed by atoms with Gasteiger partial charge in [0, 0.05) is 19.2 Å². The number of nitrogens with one attached hydrogen (secondary N) is 1. The number of hydrogen-bond acceptors (Lipinski definition) is 8. The van der Waals surface area contributed by atoms with Gasteiger partial charge in [-0.05, 0) is 11.8 Å². The number of nitrogen functional groups attached to an aromatic ring is 2. The fourth-order valence-electron chi connectivity index (χ4n) is 1.13. The Morgan fingerprint density at radius 3 is 2.47 bits per heavy atom. The Labute approximate surface area is 102 Å². The van der Waals surface area contributed by atoms with Crippen molar-refractivity contribution in [3.05, 3.63) is 18.5 Å². The average Bonchev–Trinajstić information content (AvgIpc) is 2.28. The number of rotatable bonds is 3. The molecular formula is C9H11N7S. The first-order chi connectivity index (χ1) is 8.17. The molecule has 0 radical (unpaired) electrons. The van der Waals surface area contributed by atoms with Crippen molar-refractivity contribution in [1.29, 1.82) is 0 Å². The summed E-state index contributed by atoms with van der Waals surface area (Å²) in [5.74, 6) is 1.39. The Morgan fingerprint density at radius 2 is 1.82 bits per heavy atom. The zero-order valence-electron chi connectivity index (χ0n) is 9.08. The van der Waals surface area contributed by atoms with Crippen molar-refractivity contribution in [3.8, 4) is 0 Å². The molecule has 0 spiro atoms. The van der Waals surface area contributed by atoms with Crippen LogP contribution in [-0.2, 0) is 0 Å². The molecule has 0 aliphatic carbocycles. The second kappa shape index (κ2) is 4.83. The van der Waals surface area contributed by atoms with Gasteiger partial charge in [-0.2, -0.15) is 0 Å². The predicted molar refractivity (Wildman–Crippen MR) is 66.6 cm³/mol. The van der Waals surface area contributed by atoms with E-state index in [9.17, 15) is 0 Å². The molecule has 0 saturated heterocycles. The lowest BCUT2D eigenvalue weighted by Gasteiger charge is -2.03. The lowest BCUT2D eigenvalue weighted by Crippen LogP contribution is -1.99. The van der Waals surface area contributed by atoms with Crippen molar-refractivity contribution < 1.29 is 0 Å². The van der Waals surface area contributed by atoms with Gasteiger partial charge in [0.05, 0.1) is 0 Å². The quantitative estimate of drug-likeness (QED) is 0.535. The second-order valence-electron chi connectivity index (χ2n) is 3.09. The monoisotopic (exact) mass is 249 g/mol. The van der Waals surface area contributed by atoms with Crippen LogP contribution in [0.2, 0.25) is 0 Å². The first kappa shape index (κ1) is 11.4. The fourth-order valence-corrected chi connectivity index (χ4v) is 1.89. The van der Waals surface area contributed by atoms with Gasteiger partial charge in [0.25, 0.3) is 0 Å². The van der Waals surface area contributed by atoms with Crippen LogP contribution in [0, 0.1) is 0 Å². The molecule has 0 amide bonds. The van der Waals surface area contributed by atoms with Crippen molar-refractivity contribution in [2.45, 2.75) is 10.2 Å². The summed E-state index contributed by atoms with van der Waals surface area (Å²) in [4.78, 5) is 16.2. The molecule has 17 heavy (non-hydrogen) atoms. The highest BCUT2D eigenvalue weighted by atomic mass is 32.2. The minimum absolute atomic E-state index is 0.336. The van der Waals surface area contributed by atoms with E-state index in [1.807, 2.05) is 0 Å². The number of nitrogens with zero attached hydrogens (tertiary/aromatic N) is 4. The largest absolute Gasteiger partial charge is 0.383 e. The van der Waals surface area contributed by atoms with E-state index in [1.165, 1.54) is 24.2 Å². The zero-order valence-corrected chi connectivity index (χ0v) is 9.90. The first-order valence-corrected chi connectivity index (χ1v) is 5.56. The highest BCUT2D eigenvalue weighted by Crippen LogP contribution is 2.24.